The SMILES string of the molecule is Fc1ccc(OCCN2CCN(C3Cc4ccccc4Sc4ccc(Cl)cc43)CC2)cc1.O=C(O)/C=C/C(=O)O.O=C(O)/C=C/C(=O)O. The van der Waals surface area contributed by atoms with Gasteiger partial charge in [0.25, 0.3) is 0 Å². The van der Waals surface area contributed by atoms with Gasteiger partial charge in [0.2, 0.25) is 0 Å². The number of nitrogens with zero attached hydrogens (tertiary/aromatic N) is 2. The predicted molar refractivity (Wildman–Crippen MR) is 177 cm³/mol. The molecule has 2 aliphatic rings. The Balaban J connectivity index is 0.000000325. The van der Waals surface area contributed by atoms with Gasteiger partial charge >= 0.3 is 23.9 Å². The van der Waals surface area contributed by atoms with Gasteiger partial charge in [0.05, 0.1) is 0 Å². The molecule has 254 valence electrons. The highest BCUT2D eigenvalue weighted by Gasteiger charge is 2.30. The standard InChI is InChI=1S/C26H26ClFN2OS.2C4H4O4/c27-20-5-10-26-23(18-20)24(17-19-3-1-2-4-25(19)32-26)30-13-11-29(12-14-30)15-16-31-22-8-6-21(28)7-9-22;2*5-3(6)1-2-4(7)8/h1-10,18,24H,11-17H2;2*1-2H,(H,5,6)(H,7,8)/b;2*2-1+. The number of aliphatic carboxylic acids is 4. The summed E-state index contributed by atoms with van der Waals surface area (Å²) >= 11 is 8.27. The van der Waals surface area contributed by atoms with E-state index in [4.69, 9.17) is 36.8 Å². The molecule has 3 aromatic rings. The van der Waals surface area contributed by atoms with Crippen LogP contribution in [0.5, 0.6) is 5.75 Å². The fraction of sp³-hybridized carbons (Fsp3) is 0.235. The number of rotatable bonds is 9. The van der Waals surface area contributed by atoms with Crippen LogP contribution in [0.1, 0.15) is 17.2 Å². The average molecular weight is 701 g/mol. The molecule has 0 radical (unpaired) electrons. The summed E-state index contributed by atoms with van der Waals surface area (Å²) in [7, 11) is 0. The summed E-state index contributed by atoms with van der Waals surface area (Å²) in [6.07, 6.45) is 3.24. The van der Waals surface area contributed by atoms with E-state index >= 15 is 0 Å². The Hall–Kier alpha value is -4.69. The van der Waals surface area contributed by atoms with E-state index in [1.165, 1.54) is 33.1 Å². The van der Waals surface area contributed by atoms with Gasteiger partial charge in [0, 0.05) is 77.9 Å². The maximum absolute atomic E-state index is 13.0. The van der Waals surface area contributed by atoms with Gasteiger partial charge in [-0.25, -0.2) is 23.6 Å². The molecule has 1 atom stereocenters. The molecule has 0 aliphatic carbocycles. The highest BCUT2D eigenvalue weighted by atomic mass is 35.5. The molecule has 2 aliphatic heterocycles. The van der Waals surface area contributed by atoms with Gasteiger partial charge in [-0.05, 0) is 66.1 Å². The molecule has 5 rings (SSSR count). The van der Waals surface area contributed by atoms with E-state index in [1.54, 1.807) is 12.1 Å². The van der Waals surface area contributed by atoms with E-state index < -0.39 is 23.9 Å². The van der Waals surface area contributed by atoms with Crippen molar-refractivity contribution in [3.8, 4) is 5.75 Å². The molecule has 3 aromatic carbocycles. The number of carboxylic acids is 4. The second-order valence-electron chi connectivity index (χ2n) is 10.3. The summed E-state index contributed by atoms with van der Waals surface area (Å²) in [5.74, 6) is -4.55. The van der Waals surface area contributed by atoms with Gasteiger partial charge in [-0.15, -0.1) is 0 Å². The molecule has 2 heterocycles. The largest absolute Gasteiger partial charge is 0.492 e. The lowest BCUT2D eigenvalue weighted by molar-refractivity contribution is -0.134. The van der Waals surface area contributed by atoms with Crippen LogP contribution in [0.2, 0.25) is 5.02 Å². The van der Waals surface area contributed by atoms with Crippen LogP contribution in [0.3, 0.4) is 0 Å². The smallest absolute Gasteiger partial charge is 0.328 e. The Morgan fingerprint density at radius 3 is 1.92 bits per heavy atom. The number of fused-ring (bicyclic) bond motifs is 2. The average Bonchev–Trinajstić information content (AvgIpc) is 3.21. The summed E-state index contributed by atoms with van der Waals surface area (Å²) < 4.78 is 18.8. The van der Waals surface area contributed by atoms with Gasteiger partial charge in [0.15, 0.2) is 0 Å². The molecule has 4 N–H and O–H groups in total. The van der Waals surface area contributed by atoms with Crippen molar-refractivity contribution in [2.75, 3.05) is 39.3 Å². The Labute approximate surface area is 285 Å². The first-order valence-electron chi connectivity index (χ1n) is 14.6. The Bertz CT molecular complexity index is 1560. The quantitative estimate of drug-likeness (QED) is 0.212. The second kappa shape index (κ2) is 19.2. The van der Waals surface area contributed by atoms with E-state index in [9.17, 15) is 23.6 Å². The number of hydrogen-bond acceptors (Lipinski definition) is 8. The molecule has 1 fully saturated rings. The maximum atomic E-state index is 13.0. The van der Waals surface area contributed by atoms with Gasteiger partial charge in [-0.2, -0.15) is 0 Å². The van der Waals surface area contributed by atoms with Crippen molar-refractivity contribution in [1.29, 1.82) is 0 Å². The second-order valence-corrected chi connectivity index (χ2v) is 11.8. The van der Waals surface area contributed by atoms with Gasteiger partial charge in [-0.3, -0.25) is 9.80 Å². The van der Waals surface area contributed by atoms with Crippen LogP contribution in [0.4, 0.5) is 4.39 Å². The normalized spacial score (nSPS) is 15.9. The highest BCUT2D eigenvalue weighted by Crippen LogP contribution is 2.43. The zero-order valence-corrected chi connectivity index (χ0v) is 27.1. The van der Waals surface area contributed by atoms with Crippen molar-refractivity contribution < 1.29 is 48.7 Å². The fourth-order valence-corrected chi connectivity index (χ4v) is 6.11. The number of carboxylic acid groups (broad SMARTS) is 4. The lowest BCUT2D eigenvalue weighted by Gasteiger charge is -2.39. The summed E-state index contributed by atoms with van der Waals surface area (Å²) in [6.45, 7) is 5.52. The van der Waals surface area contributed by atoms with E-state index in [2.05, 4.69) is 46.2 Å². The van der Waals surface area contributed by atoms with Crippen molar-refractivity contribution >= 4 is 47.2 Å². The molecule has 0 spiro atoms. The number of halogens is 2. The van der Waals surface area contributed by atoms with Gasteiger partial charge in [-0.1, -0.05) is 41.6 Å². The predicted octanol–water partition coefficient (Wildman–Crippen LogP) is 5.35. The summed E-state index contributed by atoms with van der Waals surface area (Å²) in [4.78, 5) is 45.9. The summed E-state index contributed by atoms with van der Waals surface area (Å²) in [5, 5.41) is 32.1. The van der Waals surface area contributed by atoms with Crippen molar-refractivity contribution in [1.82, 2.24) is 9.80 Å². The fourth-order valence-electron chi connectivity index (χ4n) is 4.81. The zero-order valence-electron chi connectivity index (χ0n) is 25.6. The Morgan fingerprint density at radius 1 is 0.792 bits per heavy atom. The van der Waals surface area contributed by atoms with Crippen LogP contribution in [0, 0.1) is 5.82 Å². The van der Waals surface area contributed by atoms with Crippen molar-refractivity contribution in [2.24, 2.45) is 0 Å². The molecule has 11 nitrogen and oxygen atoms in total. The van der Waals surface area contributed by atoms with Crippen LogP contribution in [-0.4, -0.2) is 93.4 Å². The molecule has 0 amide bonds. The number of carbonyl (C=O) groups is 4. The Morgan fingerprint density at radius 2 is 1.35 bits per heavy atom. The Kier molecular flexibility index (Phi) is 15.1. The first-order chi connectivity index (χ1) is 22.9. The number of benzene rings is 3. The van der Waals surface area contributed by atoms with Crippen LogP contribution in [0.15, 0.2) is 101 Å². The molecule has 48 heavy (non-hydrogen) atoms. The van der Waals surface area contributed by atoms with Crippen LogP contribution >= 0.6 is 23.4 Å². The zero-order chi connectivity index (χ0) is 35.1. The number of ether oxygens (including phenoxy) is 1. The minimum Gasteiger partial charge on any atom is -0.492 e. The van der Waals surface area contributed by atoms with Crippen molar-refractivity contribution in [3.63, 3.8) is 0 Å². The van der Waals surface area contributed by atoms with E-state index in [0.717, 1.165) is 44.2 Å². The van der Waals surface area contributed by atoms with E-state index in [1.807, 2.05) is 17.8 Å². The maximum Gasteiger partial charge on any atom is 0.328 e. The summed E-state index contributed by atoms with van der Waals surface area (Å²) in [5.41, 5.74) is 2.75. The molecule has 1 saturated heterocycles. The minimum absolute atomic E-state index is 0.240. The van der Waals surface area contributed by atoms with Crippen LogP contribution in [-0.2, 0) is 25.6 Å². The van der Waals surface area contributed by atoms with E-state index in [0.29, 0.717) is 42.7 Å². The molecule has 1 unspecified atom stereocenters. The monoisotopic (exact) mass is 700 g/mol. The first-order valence-corrected chi connectivity index (χ1v) is 15.8. The van der Waals surface area contributed by atoms with Crippen LogP contribution in [0.25, 0.3) is 0 Å². The van der Waals surface area contributed by atoms with Crippen LogP contribution < -0.4 is 4.74 Å². The van der Waals surface area contributed by atoms with Crippen molar-refractivity contribution in [3.05, 3.63) is 113 Å². The molecular formula is C34H34ClFN2O9S. The molecule has 0 saturated carbocycles. The van der Waals surface area contributed by atoms with E-state index in [-0.39, 0.29) is 5.82 Å². The third-order valence-electron chi connectivity index (χ3n) is 7.01. The third kappa shape index (κ3) is 13.2. The van der Waals surface area contributed by atoms with Crippen molar-refractivity contribution in [2.45, 2.75) is 22.3 Å². The number of piperazine rings is 1. The van der Waals surface area contributed by atoms with Gasteiger partial charge in [0.1, 0.15) is 18.2 Å². The summed E-state index contributed by atoms with van der Waals surface area (Å²) in [6, 6.07) is 21.6. The molecule has 0 bridgehead atoms. The third-order valence-corrected chi connectivity index (χ3v) is 8.46. The lowest BCUT2D eigenvalue weighted by Crippen LogP contribution is -2.49. The topological polar surface area (TPSA) is 165 Å². The lowest BCUT2D eigenvalue weighted by atomic mass is 9.96. The molecular weight excluding hydrogens is 667 g/mol. The highest BCUT2D eigenvalue weighted by molar-refractivity contribution is 7.99. The number of hydrogen-bond donors (Lipinski definition) is 4. The molecule has 14 heteroatoms. The van der Waals surface area contributed by atoms with Gasteiger partial charge < -0.3 is 25.2 Å². The molecule has 0 aromatic heterocycles. The minimum atomic E-state index is -1.26. The first kappa shape index (κ1) is 37.8.